The van der Waals surface area contributed by atoms with E-state index < -0.39 is 10.0 Å². The van der Waals surface area contributed by atoms with Gasteiger partial charge in [0.25, 0.3) is 0 Å². The van der Waals surface area contributed by atoms with Crippen LogP contribution in [-0.2, 0) is 19.5 Å². The van der Waals surface area contributed by atoms with Gasteiger partial charge in [-0.1, -0.05) is 44.2 Å². The Morgan fingerprint density at radius 3 is 2.36 bits per heavy atom. The van der Waals surface area contributed by atoms with E-state index >= 15 is 0 Å². The van der Waals surface area contributed by atoms with E-state index in [-0.39, 0.29) is 18.4 Å². The van der Waals surface area contributed by atoms with Gasteiger partial charge in [0.2, 0.25) is 10.0 Å². The molecule has 1 rings (SSSR count). The van der Waals surface area contributed by atoms with Gasteiger partial charge in [-0.25, -0.2) is 13.1 Å². The fourth-order valence-electron chi connectivity index (χ4n) is 2.10. The summed E-state index contributed by atoms with van der Waals surface area (Å²) in [5, 5.41) is 0. The van der Waals surface area contributed by atoms with Gasteiger partial charge in [0.15, 0.2) is 0 Å². The summed E-state index contributed by atoms with van der Waals surface area (Å²) in [7, 11) is -1.80. The fourth-order valence-corrected chi connectivity index (χ4v) is 3.22. The molecule has 6 heteroatoms. The zero-order valence-corrected chi connectivity index (χ0v) is 14.4. The van der Waals surface area contributed by atoms with Crippen LogP contribution in [0.4, 0.5) is 0 Å². The Morgan fingerprint density at radius 2 is 1.77 bits per heavy atom. The minimum Gasteiger partial charge on any atom is -0.382 e. The Balaban J connectivity index is 2.60. The molecule has 1 N–H and O–H groups in total. The van der Waals surface area contributed by atoms with Crippen LogP contribution in [0, 0.1) is 5.92 Å². The Kier molecular flexibility index (Phi) is 8.63. The van der Waals surface area contributed by atoms with Crippen molar-refractivity contribution in [1.82, 2.24) is 4.72 Å². The predicted octanol–water partition coefficient (Wildman–Crippen LogP) is 2.36. The molecule has 0 aliphatic heterocycles. The van der Waals surface area contributed by atoms with E-state index in [9.17, 15) is 8.42 Å². The van der Waals surface area contributed by atoms with E-state index in [2.05, 4.69) is 18.6 Å². The lowest BCUT2D eigenvalue weighted by Gasteiger charge is -2.21. The number of methoxy groups -OCH3 is 1. The molecule has 5 nitrogen and oxygen atoms in total. The molecule has 0 bridgehead atoms. The third kappa shape index (κ3) is 7.89. The third-order valence-corrected chi connectivity index (χ3v) is 4.51. The third-order valence-electron chi connectivity index (χ3n) is 3.16. The van der Waals surface area contributed by atoms with Gasteiger partial charge < -0.3 is 9.47 Å². The molecule has 1 aromatic carbocycles. The van der Waals surface area contributed by atoms with Crippen molar-refractivity contribution in [3.8, 4) is 0 Å². The highest BCUT2D eigenvalue weighted by molar-refractivity contribution is 7.89. The maximum Gasteiger partial charge on any atom is 0.214 e. The smallest absolute Gasteiger partial charge is 0.214 e. The van der Waals surface area contributed by atoms with Gasteiger partial charge in [-0.2, -0.15) is 0 Å². The van der Waals surface area contributed by atoms with E-state index in [1.54, 1.807) is 7.11 Å². The van der Waals surface area contributed by atoms with Gasteiger partial charge in [-0.3, -0.25) is 0 Å². The zero-order chi connectivity index (χ0) is 16.4. The Hall–Kier alpha value is -0.950. The molecule has 1 atom stereocenters. The van der Waals surface area contributed by atoms with Crippen LogP contribution in [0.1, 0.15) is 31.9 Å². The molecule has 0 fully saturated rings. The zero-order valence-electron chi connectivity index (χ0n) is 13.6. The normalized spacial score (nSPS) is 13.5. The minimum atomic E-state index is -3.38. The van der Waals surface area contributed by atoms with Crippen molar-refractivity contribution >= 4 is 10.0 Å². The van der Waals surface area contributed by atoms with Crippen LogP contribution in [0.25, 0.3) is 0 Å². The van der Waals surface area contributed by atoms with E-state index in [4.69, 9.17) is 9.47 Å². The van der Waals surface area contributed by atoms with Crippen molar-refractivity contribution in [2.45, 2.75) is 26.3 Å². The molecule has 0 aliphatic rings. The summed E-state index contributed by atoms with van der Waals surface area (Å²) in [4.78, 5) is 0. The second-order valence-electron chi connectivity index (χ2n) is 5.63. The Bertz CT molecular complexity index is 502. The standard InChI is InChI=1S/C16H27NO4S/c1-14(2)13-16(15-7-5-4-6-8-15)17-22(18,19)12-11-21-10-9-20-3/h4-8,14,16-17H,9-13H2,1-3H3. The molecule has 0 amide bonds. The van der Waals surface area contributed by atoms with Crippen LogP contribution in [0.5, 0.6) is 0 Å². The van der Waals surface area contributed by atoms with Crippen LogP contribution < -0.4 is 4.72 Å². The summed E-state index contributed by atoms with van der Waals surface area (Å²) in [5.74, 6) is 0.351. The molecule has 0 saturated heterocycles. The molecular weight excluding hydrogens is 302 g/mol. The highest BCUT2D eigenvalue weighted by atomic mass is 32.2. The van der Waals surface area contributed by atoms with Gasteiger partial charge in [0.1, 0.15) is 0 Å². The lowest BCUT2D eigenvalue weighted by molar-refractivity contribution is 0.0784. The van der Waals surface area contributed by atoms with Gasteiger partial charge in [-0.05, 0) is 17.9 Å². The highest BCUT2D eigenvalue weighted by Crippen LogP contribution is 2.22. The Labute approximate surface area is 134 Å². The van der Waals surface area contributed by atoms with E-state index in [0.717, 1.165) is 12.0 Å². The van der Waals surface area contributed by atoms with Crippen molar-refractivity contribution < 1.29 is 17.9 Å². The van der Waals surface area contributed by atoms with Gasteiger partial charge in [-0.15, -0.1) is 0 Å². The van der Waals surface area contributed by atoms with Crippen molar-refractivity contribution in [3.05, 3.63) is 35.9 Å². The quantitative estimate of drug-likeness (QED) is 0.633. The molecule has 0 aliphatic carbocycles. The van der Waals surface area contributed by atoms with Crippen molar-refractivity contribution in [2.75, 3.05) is 32.7 Å². The molecule has 0 radical (unpaired) electrons. The predicted molar refractivity (Wildman–Crippen MR) is 88.3 cm³/mol. The van der Waals surface area contributed by atoms with E-state index in [1.165, 1.54) is 0 Å². The molecule has 0 spiro atoms. The summed E-state index contributed by atoms with van der Waals surface area (Å²) in [5.41, 5.74) is 0.986. The van der Waals surface area contributed by atoms with Gasteiger partial charge in [0.05, 0.1) is 25.6 Å². The number of benzene rings is 1. The number of hydrogen-bond donors (Lipinski definition) is 1. The SMILES string of the molecule is COCCOCCS(=O)(=O)NC(CC(C)C)c1ccccc1. The number of ether oxygens (including phenoxy) is 2. The summed E-state index contributed by atoms with van der Waals surface area (Å²) in [6.45, 7) is 5.20. The first kappa shape index (κ1) is 19.1. The molecule has 0 heterocycles. The summed E-state index contributed by atoms with van der Waals surface area (Å²) < 4.78 is 37.3. The first-order valence-corrected chi connectivity index (χ1v) is 9.21. The molecule has 1 aromatic rings. The minimum absolute atomic E-state index is 0.0435. The van der Waals surface area contributed by atoms with Crippen molar-refractivity contribution in [1.29, 1.82) is 0 Å². The second kappa shape index (κ2) is 9.94. The molecule has 1 unspecified atom stereocenters. The van der Waals surface area contributed by atoms with Crippen LogP contribution in [0.3, 0.4) is 0 Å². The average molecular weight is 329 g/mol. The van der Waals surface area contributed by atoms with Crippen LogP contribution in [-0.4, -0.2) is 41.1 Å². The van der Waals surface area contributed by atoms with E-state index in [1.807, 2.05) is 30.3 Å². The highest BCUT2D eigenvalue weighted by Gasteiger charge is 2.20. The lowest BCUT2D eigenvalue weighted by Crippen LogP contribution is -2.33. The van der Waals surface area contributed by atoms with Crippen LogP contribution in [0.2, 0.25) is 0 Å². The molecule has 0 saturated carbocycles. The maximum atomic E-state index is 12.2. The van der Waals surface area contributed by atoms with E-state index in [0.29, 0.717) is 19.1 Å². The first-order valence-electron chi connectivity index (χ1n) is 7.56. The van der Waals surface area contributed by atoms with Gasteiger partial charge in [0, 0.05) is 13.2 Å². The van der Waals surface area contributed by atoms with Crippen LogP contribution in [0.15, 0.2) is 30.3 Å². The summed E-state index contributed by atoms with van der Waals surface area (Å²) in [6, 6.07) is 9.46. The number of nitrogens with one attached hydrogen (secondary N) is 1. The lowest BCUT2D eigenvalue weighted by atomic mass is 9.98. The monoisotopic (exact) mass is 329 g/mol. The molecule has 0 aromatic heterocycles. The largest absolute Gasteiger partial charge is 0.382 e. The first-order chi connectivity index (χ1) is 10.4. The maximum absolute atomic E-state index is 12.2. The fraction of sp³-hybridized carbons (Fsp3) is 0.625. The number of rotatable bonds is 11. The molecule has 22 heavy (non-hydrogen) atoms. The van der Waals surface area contributed by atoms with Crippen molar-refractivity contribution in [3.63, 3.8) is 0 Å². The molecular formula is C16H27NO4S. The average Bonchev–Trinajstić information content (AvgIpc) is 2.46. The Morgan fingerprint density at radius 1 is 1.09 bits per heavy atom. The second-order valence-corrected chi connectivity index (χ2v) is 7.51. The van der Waals surface area contributed by atoms with Crippen LogP contribution >= 0.6 is 0 Å². The number of hydrogen-bond acceptors (Lipinski definition) is 4. The summed E-state index contributed by atoms with van der Waals surface area (Å²) in [6.07, 6.45) is 0.758. The van der Waals surface area contributed by atoms with Crippen molar-refractivity contribution in [2.24, 2.45) is 5.92 Å². The topological polar surface area (TPSA) is 64.6 Å². The number of sulfonamides is 1. The summed E-state index contributed by atoms with van der Waals surface area (Å²) >= 11 is 0. The molecule has 126 valence electrons. The van der Waals surface area contributed by atoms with Gasteiger partial charge >= 0.3 is 0 Å².